The monoisotopic (exact) mass is 595 g/mol. The SMILES string of the molecule is C=CC(=O)NC(C)(C)C(C)(C)c1ccc2c(c1)nc(N)c1nc(CCCC)n(Cc3cc(O)ccc3OP(=O)(O)O)c12. The lowest BCUT2D eigenvalue weighted by Crippen LogP contribution is -2.55. The molecule has 224 valence electrons. The first-order valence-corrected chi connectivity index (χ1v) is 15.2. The van der Waals surface area contributed by atoms with Gasteiger partial charge in [-0.05, 0) is 56.2 Å². The second-order valence-corrected chi connectivity index (χ2v) is 12.6. The summed E-state index contributed by atoms with van der Waals surface area (Å²) in [6.07, 6.45) is 3.65. The van der Waals surface area contributed by atoms with Crippen LogP contribution < -0.4 is 15.6 Å². The topological polar surface area (TPSA) is 173 Å². The van der Waals surface area contributed by atoms with Crippen LogP contribution in [0.1, 0.15) is 64.4 Å². The van der Waals surface area contributed by atoms with E-state index in [0.717, 1.165) is 29.6 Å². The summed E-state index contributed by atoms with van der Waals surface area (Å²) in [5.41, 5.74) is 8.44. The van der Waals surface area contributed by atoms with E-state index in [2.05, 4.69) is 23.8 Å². The van der Waals surface area contributed by atoms with E-state index in [9.17, 15) is 24.3 Å². The Kier molecular flexibility index (Phi) is 8.42. The van der Waals surface area contributed by atoms with Crippen LogP contribution in [0.5, 0.6) is 11.5 Å². The van der Waals surface area contributed by atoms with Crippen molar-refractivity contribution in [3.8, 4) is 11.5 Å². The van der Waals surface area contributed by atoms with Gasteiger partial charge in [-0.1, -0.05) is 45.9 Å². The molecule has 4 rings (SSSR count). The van der Waals surface area contributed by atoms with Crippen LogP contribution in [-0.4, -0.2) is 40.9 Å². The van der Waals surface area contributed by atoms with Crippen molar-refractivity contribution in [1.82, 2.24) is 19.9 Å². The number of anilines is 1. The van der Waals surface area contributed by atoms with Crippen molar-refractivity contribution in [3.05, 3.63) is 66.0 Å². The zero-order valence-electron chi connectivity index (χ0n) is 24.5. The highest BCUT2D eigenvalue weighted by Gasteiger charge is 2.39. The summed E-state index contributed by atoms with van der Waals surface area (Å²) in [6.45, 7) is 13.7. The Morgan fingerprint density at radius 2 is 1.88 bits per heavy atom. The molecule has 4 aromatic rings. The summed E-state index contributed by atoms with van der Waals surface area (Å²) < 4.78 is 18.6. The predicted molar refractivity (Wildman–Crippen MR) is 163 cm³/mol. The first kappa shape index (κ1) is 31.0. The molecule has 6 N–H and O–H groups in total. The van der Waals surface area contributed by atoms with Gasteiger partial charge < -0.3 is 25.2 Å². The fourth-order valence-corrected chi connectivity index (χ4v) is 5.43. The smallest absolute Gasteiger partial charge is 0.508 e. The Morgan fingerprint density at radius 1 is 1.17 bits per heavy atom. The van der Waals surface area contributed by atoms with Crippen LogP contribution in [-0.2, 0) is 27.7 Å². The number of phenols is 1. The molecule has 0 saturated carbocycles. The number of pyridine rings is 1. The maximum absolute atomic E-state index is 12.2. The van der Waals surface area contributed by atoms with Crippen molar-refractivity contribution in [2.75, 3.05) is 5.73 Å². The molecular weight excluding hydrogens is 557 g/mol. The van der Waals surface area contributed by atoms with Crippen molar-refractivity contribution in [2.24, 2.45) is 0 Å². The van der Waals surface area contributed by atoms with E-state index in [1.54, 1.807) is 0 Å². The van der Waals surface area contributed by atoms with Gasteiger partial charge in [0.05, 0.1) is 17.6 Å². The largest absolute Gasteiger partial charge is 0.524 e. The second kappa shape index (κ2) is 11.4. The van der Waals surface area contributed by atoms with E-state index in [0.29, 0.717) is 28.5 Å². The second-order valence-electron chi connectivity index (χ2n) is 11.5. The number of fused-ring (bicyclic) bond motifs is 3. The summed E-state index contributed by atoms with van der Waals surface area (Å²) in [4.78, 5) is 40.6. The Balaban J connectivity index is 1.93. The molecule has 12 heteroatoms. The number of hydrogen-bond acceptors (Lipinski definition) is 7. The minimum atomic E-state index is -4.86. The molecule has 0 spiro atoms. The van der Waals surface area contributed by atoms with Crippen molar-refractivity contribution in [1.29, 1.82) is 0 Å². The number of phenolic OH excluding ortho intramolecular Hbond substituents is 1. The Morgan fingerprint density at radius 3 is 2.52 bits per heavy atom. The van der Waals surface area contributed by atoms with Crippen LogP contribution in [0.4, 0.5) is 5.82 Å². The van der Waals surface area contributed by atoms with Gasteiger partial charge in [-0.2, -0.15) is 0 Å². The molecule has 2 heterocycles. The summed E-state index contributed by atoms with van der Waals surface area (Å²) in [5.74, 6) is 0.563. The molecule has 0 aliphatic carbocycles. The van der Waals surface area contributed by atoms with Crippen LogP contribution in [0.2, 0.25) is 0 Å². The van der Waals surface area contributed by atoms with E-state index in [1.807, 2.05) is 50.5 Å². The predicted octanol–water partition coefficient (Wildman–Crippen LogP) is 5.09. The van der Waals surface area contributed by atoms with Crippen molar-refractivity contribution < 1.29 is 28.8 Å². The van der Waals surface area contributed by atoms with Gasteiger partial charge in [-0.25, -0.2) is 14.5 Å². The van der Waals surface area contributed by atoms with E-state index in [1.165, 1.54) is 24.3 Å². The number of aryl methyl sites for hydroxylation is 1. The zero-order valence-corrected chi connectivity index (χ0v) is 25.4. The molecule has 1 amide bonds. The molecule has 11 nitrogen and oxygen atoms in total. The number of aromatic hydroxyl groups is 1. The number of aromatic nitrogens is 3. The number of imidazole rings is 1. The maximum atomic E-state index is 12.2. The first-order chi connectivity index (χ1) is 19.6. The van der Waals surface area contributed by atoms with Crippen LogP contribution >= 0.6 is 7.82 Å². The van der Waals surface area contributed by atoms with Crippen molar-refractivity contribution in [3.63, 3.8) is 0 Å². The van der Waals surface area contributed by atoms with E-state index < -0.39 is 18.8 Å². The molecule has 0 atom stereocenters. The Hall–Kier alpha value is -3.92. The molecule has 0 fully saturated rings. The van der Waals surface area contributed by atoms with Crippen LogP contribution in [0.25, 0.3) is 21.9 Å². The maximum Gasteiger partial charge on any atom is 0.524 e. The highest BCUT2D eigenvalue weighted by Crippen LogP contribution is 2.41. The highest BCUT2D eigenvalue weighted by molar-refractivity contribution is 7.46. The number of rotatable bonds is 11. The lowest BCUT2D eigenvalue weighted by Gasteiger charge is -2.42. The van der Waals surface area contributed by atoms with Gasteiger partial charge in [0.15, 0.2) is 5.82 Å². The van der Waals surface area contributed by atoms with E-state index in [4.69, 9.17) is 15.2 Å². The molecule has 0 unspecified atom stereocenters. The van der Waals surface area contributed by atoms with Gasteiger partial charge in [0, 0.05) is 28.3 Å². The van der Waals surface area contributed by atoms with Crippen LogP contribution in [0.15, 0.2) is 49.1 Å². The normalized spacial score (nSPS) is 12.5. The lowest BCUT2D eigenvalue weighted by molar-refractivity contribution is -0.118. The van der Waals surface area contributed by atoms with E-state index in [-0.39, 0.29) is 29.8 Å². The van der Waals surface area contributed by atoms with Gasteiger partial charge >= 0.3 is 7.82 Å². The quantitative estimate of drug-likeness (QED) is 0.117. The number of carbonyl (C=O) groups is 1. The zero-order chi connectivity index (χ0) is 31.0. The number of nitrogen functional groups attached to an aromatic ring is 1. The van der Waals surface area contributed by atoms with Gasteiger partial charge in [-0.3, -0.25) is 14.6 Å². The molecule has 0 radical (unpaired) electrons. The fraction of sp³-hybridized carbons (Fsp3) is 0.367. The number of nitrogens with one attached hydrogen (secondary N) is 1. The molecule has 0 aliphatic heterocycles. The lowest BCUT2D eigenvalue weighted by atomic mass is 9.69. The van der Waals surface area contributed by atoms with Gasteiger partial charge in [0.1, 0.15) is 22.8 Å². The Labute approximate surface area is 244 Å². The minimum Gasteiger partial charge on any atom is -0.508 e. The number of amides is 1. The molecule has 0 saturated heterocycles. The summed E-state index contributed by atoms with van der Waals surface area (Å²) >= 11 is 0. The average molecular weight is 596 g/mol. The molecular formula is C30H38N5O6P. The third-order valence-electron chi connectivity index (χ3n) is 8.03. The third-order valence-corrected chi connectivity index (χ3v) is 8.47. The van der Waals surface area contributed by atoms with Gasteiger partial charge in [-0.15, -0.1) is 0 Å². The Bertz CT molecular complexity index is 1720. The number of nitrogens with zero attached hydrogens (tertiary/aromatic N) is 3. The average Bonchev–Trinajstić information content (AvgIpc) is 3.26. The van der Waals surface area contributed by atoms with E-state index >= 15 is 0 Å². The number of phosphoric acid groups is 1. The van der Waals surface area contributed by atoms with Crippen LogP contribution in [0, 0.1) is 0 Å². The minimum absolute atomic E-state index is 0.0522. The molecule has 2 aromatic heterocycles. The number of nitrogens with two attached hydrogens (primary N) is 1. The van der Waals surface area contributed by atoms with Gasteiger partial charge in [0.2, 0.25) is 5.91 Å². The molecule has 0 aliphatic rings. The standard InChI is InChI=1S/C30H38N5O6P/c1-7-9-10-24-33-26-27(35(24)17-18-15-20(36)12-14-23(18)41-42(38,39)40)21-13-11-19(16-22(21)32-28(26)31)29(3,4)30(5,6)34-25(37)8-2/h8,11-16,36H,2,7,9-10,17H2,1,3-6H3,(H2,31,32)(H,34,37)(H2,38,39,40). The molecule has 2 aromatic carbocycles. The number of phosphoric ester groups is 1. The number of hydrogen-bond donors (Lipinski definition) is 5. The molecule has 0 bridgehead atoms. The number of carbonyl (C=O) groups excluding carboxylic acids is 1. The van der Waals surface area contributed by atoms with Gasteiger partial charge in [0.25, 0.3) is 0 Å². The number of benzene rings is 2. The summed E-state index contributed by atoms with van der Waals surface area (Å²) in [7, 11) is -4.86. The van der Waals surface area contributed by atoms with Crippen molar-refractivity contribution >= 4 is 41.5 Å². The summed E-state index contributed by atoms with van der Waals surface area (Å²) in [5, 5.41) is 14.0. The highest BCUT2D eigenvalue weighted by atomic mass is 31.2. The number of unbranched alkanes of at least 4 members (excludes halogenated alkanes) is 1. The van der Waals surface area contributed by atoms with Crippen LogP contribution in [0.3, 0.4) is 0 Å². The van der Waals surface area contributed by atoms with Crippen molar-refractivity contribution in [2.45, 2.75) is 71.4 Å². The first-order valence-electron chi connectivity index (χ1n) is 13.7. The fourth-order valence-electron chi connectivity index (χ4n) is 5.00. The summed E-state index contributed by atoms with van der Waals surface area (Å²) in [6, 6.07) is 9.92. The molecule has 42 heavy (non-hydrogen) atoms. The third kappa shape index (κ3) is 6.13.